The van der Waals surface area contributed by atoms with E-state index < -0.39 is 5.60 Å². The van der Waals surface area contributed by atoms with E-state index in [9.17, 15) is 19.2 Å². The molecular weight excluding hydrogens is 588 g/mol. The van der Waals surface area contributed by atoms with Crippen LogP contribution in [0.15, 0.2) is 78.9 Å². The molecule has 0 aromatic heterocycles. The average molecular weight is 643 g/mol. The Morgan fingerprint density at radius 2 is 1.15 bits per heavy atom. The molecule has 0 spiro atoms. The van der Waals surface area contributed by atoms with Gasteiger partial charge in [0.05, 0.1) is 12.7 Å². The molecule has 3 rings (SSSR count). The highest BCUT2D eigenvalue weighted by Crippen LogP contribution is 2.21. The molecule has 0 amide bonds. The van der Waals surface area contributed by atoms with E-state index in [2.05, 4.69) is 26.3 Å². The number of esters is 4. The van der Waals surface area contributed by atoms with Crippen LogP contribution < -0.4 is 4.74 Å². The van der Waals surface area contributed by atoms with Gasteiger partial charge in [0, 0.05) is 28.7 Å². The first kappa shape index (κ1) is 42.0. The number of ether oxygens (including phenoxy) is 5. The Kier molecular flexibility index (Phi) is 19.8. The molecule has 1 heterocycles. The molecule has 1 aromatic rings. The highest BCUT2D eigenvalue weighted by atomic mass is 16.6. The first-order chi connectivity index (χ1) is 21.3. The minimum absolute atomic E-state index is 0.0794. The van der Waals surface area contributed by atoms with Crippen molar-refractivity contribution in [2.24, 2.45) is 0 Å². The van der Waals surface area contributed by atoms with Gasteiger partial charge in [-0.3, -0.25) is 0 Å². The Morgan fingerprint density at radius 1 is 0.696 bits per heavy atom. The van der Waals surface area contributed by atoms with Crippen molar-refractivity contribution in [3.05, 3.63) is 78.9 Å². The first-order valence-corrected chi connectivity index (χ1v) is 15.5. The van der Waals surface area contributed by atoms with E-state index in [1.54, 1.807) is 52.0 Å². The van der Waals surface area contributed by atoms with Crippen molar-refractivity contribution in [1.82, 2.24) is 0 Å². The summed E-state index contributed by atoms with van der Waals surface area (Å²) in [5.74, 6) is -0.723. The standard InChI is InChI=1S/C10H16O2.C10H10O2.C9H14O3.C8H14O2/c2*1-8(2)10(11)12-9-6-4-3-5-7-9;1-6(2)9(10)12-8-4-7(3)11-5-8;1-6(2)7(9)10-8(3,4)5/h9H,1,3-7H2,2H3;3-7H,1H2,2H3;7-8H,1,4-5H2,2-3H3;1H2,2-5H3. The Labute approximate surface area is 275 Å². The Hall–Kier alpha value is -3.98. The number of benzene rings is 1. The van der Waals surface area contributed by atoms with E-state index in [1.165, 1.54) is 19.3 Å². The van der Waals surface area contributed by atoms with Crippen LogP contribution in [0, 0.1) is 0 Å². The summed E-state index contributed by atoms with van der Waals surface area (Å²) in [5.41, 5.74) is 1.37. The molecule has 256 valence electrons. The maximum atomic E-state index is 11.1. The first-order valence-electron chi connectivity index (χ1n) is 15.5. The number of rotatable bonds is 7. The number of hydrogen-bond acceptors (Lipinski definition) is 9. The molecule has 46 heavy (non-hydrogen) atoms. The van der Waals surface area contributed by atoms with Crippen LogP contribution in [0.2, 0.25) is 0 Å². The van der Waals surface area contributed by atoms with Crippen molar-refractivity contribution < 1.29 is 42.9 Å². The Bertz CT molecular complexity index is 1160. The minimum atomic E-state index is -0.407. The van der Waals surface area contributed by atoms with Gasteiger partial charge in [0.25, 0.3) is 0 Å². The molecule has 1 aromatic carbocycles. The number of carbonyl (C=O) groups excluding carboxylic acids is 4. The van der Waals surface area contributed by atoms with Crippen molar-refractivity contribution in [1.29, 1.82) is 0 Å². The molecule has 1 aliphatic heterocycles. The molecule has 1 saturated heterocycles. The zero-order valence-electron chi connectivity index (χ0n) is 29.1. The third-order valence-corrected chi connectivity index (χ3v) is 6.01. The van der Waals surface area contributed by atoms with E-state index >= 15 is 0 Å². The molecular formula is C37H54O9. The van der Waals surface area contributed by atoms with Crippen LogP contribution >= 0.6 is 0 Å². The van der Waals surface area contributed by atoms with Crippen molar-refractivity contribution in [3.8, 4) is 5.75 Å². The van der Waals surface area contributed by atoms with Crippen LogP contribution in [0.1, 0.15) is 93.9 Å². The lowest BCUT2D eigenvalue weighted by Crippen LogP contribution is -2.23. The fourth-order valence-corrected chi connectivity index (χ4v) is 3.59. The number of para-hydroxylation sites is 1. The van der Waals surface area contributed by atoms with Gasteiger partial charge in [-0.25, -0.2) is 19.2 Å². The predicted molar refractivity (Wildman–Crippen MR) is 180 cm³/mol. The van der Waals surface area contributed by atoms with Gasteiger partial charge in [-0.05, 0) is 93.2 Å². The lowest BCUT2D eigenvalue weighted by Gasteiger charge is -2.21. The summed E-state index contributed by atoms with van der Waals surface area (Å²) in [5, 5.41) is 0. The van der Waals surface area contributed by atoms with E-state index in [0.717, 1.165) is 19.3 Å². The molecule has 2 atom stereocenters. The van der Waals surface area contributed by atoms with Crippen LogP contribution in [0.4, 0.5) is 0 Å². The van der Waals surface area contributed by atoms with Crippen LogP contribution in [-0.4, -0.2) is 54.4 Å². The molecule has 2 unspecified atom stereocenters. The monoisotopic (exact) mass is 642 g/mol. The summed E-state index contributed by atoms with van der Waals surface area (Å²) < 4.78 is 25.4. The van der Waals surface area contributed by atoms with Gasteiger partial charge in [-0.2, -0.15) is 0 Å². The molecule has 2 aliphatic rings. The van der Waals surface area contributed by atoms with Crippen molar-refractivity contribution in [2.75, 3.05) is 6.61 Å². The van der Waals surface area contributed by atoms with Crippen LogP contribution in [0.5, 0.6) is 5.75 Å². The second-order valence-electron chi connectivity index (χ2n) is 12.4. The van der Waals surface area contributed by atoms with E-state index in [0.29, 0.717) is 34.6 Å². The van der Waals surface area contributed by atoms with Crippen LogP contribution in [0.25, 0.3) is 0 Å². The Morgan fingerprint density at radius 3 is 1.52 bits per heavy atom. The second-order valence-corrected chi connectivity index (χ2v) is 12.4. The normalized spacial score (nSPS) is 17.0. The molecule has 2 fully saturated rings. The SMILES string of the molecule is C=C(C)C(=O)OC(C)(C)C.C=C(C)C(=O)OC1CCCCC1.C=C(C)C(=O)OC1COC(C)C1.C=C(C)C(=O)Oc1ccccc1. The lowest BCUT2D eigenvalue weighted by molar-refractivity contribution is -0.150. The van der Waals surface area contributed by atoms with Crippen molar-refractivity contribution in [2.45, 2.75) is 118 Å². The van der Waals surface area contributed by atoms with Gasteiger partial charge in [0.2, 0.25) is 0 Å². The smallest absolute Gasteiger partial charge is 0.338 e. The lowest BCUT2D eigenvalue weighted by atomic mass is 9.98. The molecule has 1 saturated carbocycles. The van der Waals surface area contributed by atoms with Crippen LogP contribution in [-0.2, 0) is 38.1 Å². The third-order valence-electron chi connectivity index (χ3n) is 6.01. The van der Waals surface area contributed by atoms with Crippen molar-refractivity contribution in [3.63, 3.8) is 0 Å². The van der Waals surface area contributed by atoms with E-state index in [4.69, 9.17) is 23.7 Å². The summed E-state index contributed by atoms with van der Waals surface area (Å²) >= 11 is 0. The maximum absolute atomic E-state index is 11.1. The second kappa shape index (κ2) is 21.7. The minimum Gasteiger partial charge on any atom is -0.459 e. The summed E-state index contributed by atoms with van der Waals surface area (Å²) in [4.78, 5) is 43.9. The van der Waals surface area contributed by atoms with Crippen LogP contribution in [0.3, 0.4) is 0 Å². The highest BCUT2D eigenvalue weighted by Gasteiger charge is 2.25. The zero-order chi connectivity index (χ0) is 35.4. The fraction of sp³-hybridized carbons (Fsp3) is 0.514. The molecule has 0 N–H and O–H groups in total. The van der Waals surface area contributed by atoms with E-state index in [1.807, 2.05) is 33.8 Å². The van der Waals surface area contributed by atoms with Gasteiger partial charge in [-0.1, -0.05) is 50.9 Å². The predicted octanol–water partition coefficient (Wildman–Crippen LogP) is 7.79. The fourth-order valence-electron chi connectivity index (χ4n) is 3.59. The van der Waals surface area contributed by atoms with Gasteiger partial charge in [0.15, 0.2) is 0 Å². The summed E-state index contributed by atoms with van der Waals surface area (Å²) in [6.45, 7) is 28.5. The van der Waals surface area contributed by atoms with Crippen molar-refractivity contribution >= 4 is 23.9 Å². The van der Waals surface area contributed by atoms with Gasteiger partial charge in [0.1, 0.15) is 23.6 Å². The average Bonchev–Trinajstić information content (AvgIpc) is 3.38. The Balaban J connectivity index is 0.000000589. The number of carbonyl (C=O) groups is 4. The van der Waals surface area contributed by atoms with Gasteiger partial charge < -0.3 is 23.7 Å². The third kappa shape index (κ3) is 20.9. The largest absolute Gasteiger partial charge is 0.459 e. The topological polar surface area (TPSA) is 114 Å². The summed E-state index contributed by atoms with van der Waals surface area (Å²) in [7, 11) is 0. The quantitative estimate of drug-likeness (QED) is 0.127. The molecule has 0 bridgehead atoms. The highest BCUT2D eigenvalue weighted by molar-refractivity contribution is 5.89. The van der Waals surface area contributed by atoms with E-state index in [-0.39, 0.29) is 42.2 Å². The molecule has 1 aliphatic carbocycles. The summed E-state index contributed by atoms with van der Waals surface area (Å²) in [6.07, 6.45) is 6.78. The molecule has 0 radical (unpaired) electrons. The maximum Gasteiger partial charge on any atom is 0.338 e. The zero-order valence-corrected chi connectivity index (χ0v) is 29.1. The van der Waals surface area contributed by atoms with Gasteiger partial charge >= 0.3 is 23.9 Å². The number of hydrogen-bond donors (Lipinski definition) is 0. The molecule has 9 nitrogen and oxygen atoms in total. The summed E-state index contributed by atoms with van der Waals surface area (Å²) in [6, 6.07) is 8.92. The molecule has 9 heteroatoms. The van der Waals surface area contributed by atoms with Gasteiger partial charge in [-0.15, -0.1) is 0 Å².